The summed E-state index contributed by atoms with van der Waals surface area (Å²) >= 11 is 0. The van der Waals surface area contributed by atoms with Gasteiger partial charge in [0.1, 0.15) is 0 Å². The van der Waals surface area contributed by atoms with Gasteiger partial charge < -0.3 is 5.11 Å². The molecular formula is C8H9NO4S. The molecule has 3 N–H and O–H groups in total. The largest absolute Gasteiger partial charge is 0.478 e. The third kappa shape index (κ3) is 3.15. The van der Waals surface area contributed by atoms with Gasteiger partial charge in [0.15, 0.2) is 0 Å². The highest BCUT2D eigenvalue weighted by atomic mass is 32.2. The number of hydrogen-bond donors (Lipinski definition) is 2. The Labute approximate surface area is 81.2 Å². The number of hydrogen-bond acceptors (Lipinski definition) is 3. The van der Waals surface area contributed by atoms with E-state index in [1.165, 1.54) is 24.3 Å². The normalized spacial score (nSPS) is 11.2. The van der Waals surface area contributed by atoms with E-state index in [2.05, 4.69) is 0 Å². The minimum absolute atomic E-state index is 0.114. The average Bonchev–Trinajstić information content (AvgIpc) is 2.02. The summed E-state index contributed by atoms with van der Waals surface area (Å²) in [6, 6.07) is 5.52. The Bertz CT molecular complexity index is 435. The van der Waals surface area contributed by atoms with Crippen molar-refractivity contribution >= 4 is 16.0 Å². The van der Waals surface area contributed by atoms with Crippen molar-refractivity contribution in [2.75, 3.05) is 0 Å². The van der Waals surface area contributed by atoms with Crippen molar-refractivity contribution in [3.8, 4) is 0 Å². The van der Waals surface area contributed by atoms with Crippen LogP contribution in [0.25, 0.3) is 0 Å². The number of aromatic carboxylic acids is 1. The second kappa shape index (κ2) is 3.77. The van der Waals surface area contributed by atoms with Crippen LogP contribution in [-0.4, -0.2) is 19.5 Å². The SMILES string of the molecule is NS(=O)(=O)Cc1ccc(C(=O)O)cc1. The summed E-state index contributed by atoms with van der Waals surface area (Å²) in [6.07, 6.45) is 0. The van der Waals surface area contributed by atoms with Gasteiger partial charge >= 0.3 is 5.97 Å². The number of carbonyl (C=O) groups is 1. The Morgan fingerprint density at radius 2 is 1.79 bits per heavy atom. The Kier molecular flexibility index (Phi) is 2.87. The van der Waals surface area contributed by atoms with Gasteiger partial charge in [-0.25, -0.2) is 18.4 Å². The van der Waals surface area contributed by atoms with Gasteiger partial charge in [-0.3, -0.25) is 0 Å². The molecule has 1 aromatic carbocycles. The molecule has 0 aliphatic carbocycles. The van der Waals surface area contributed by atoms with E-state index in [0.717, 1.165) is 0 Å². The summed E-state index contributed by atoms with van der Waals surface area (Å²) in [7, 11) is -3.56. The lowest BCUT2D eigenvalue weighted by Gasteiger charge is -1.99. The lowest BCUT2D eigenvalue weighted by molar-refractivity contribution is 0.0697. The van der Waals surface area contributed by atoms with Gasteiger partial charge in [0, 0.05) is 0 Å². The first-order valence-electron chi connectivity index (χ1n) is 3.71. The van der Waals surface area contributed by atoms with Crippen LogP contribution in [0.3, 0.4) is 0 Å². The molecule has 0 aliphatic rings. The third-order valence-corrected chi connectivity index (χ3v) is 2.30. The predicted octanol–water partition coefficient (Wildman–Crippen LogP) is 0.173. The number of benzene rings is 1. The van der Waals surface area contributed by atoms with Gasteiger partial charge in [0.05, 0.1) is 11.3 Å². The first-order valence-corrected chi connectivity index (χ1v) is 5.43. The highest BCUT2D eigenvalue weighted by Crippen LogP contribution is 2.06. The smallest absolute Gasteiger partial charge is 0.335 e. The molecule has 0 radical (unpaired) electrons. The number of nitrogens with two attached hydrogens (primary N) is 1. The minimum atomic E-state index is -3.56. The van der Waals surface area contributed by atoms with Crippen LogP contribution in [0.15, 0.2) is 24.3 Å². The molecule has 0 heterocycles. The molecule has 0 bridgehead atoms. The Morgan fingerprint density at radius 3 is 2.14 bits per heavy atom. The average molecular weight is 215 g/mol. The molecule has 0 aliphatic heterocycles. The topological polar surface area (TPSA) is 97.5 Å². The van der Waals surface area contributed by atoms with Crippen molar-refractivity contribution in [1.29, 1.82) is 0 Å². The minimum Gasteiger partial charge on any atom is -0.478 e. The van der Waals surface area contributed by atoms with Gasteiger partial charge in [-0.1, -0.05) is 12.1 Å². The number of rotatable bonds is 3. The van der Waals surface area contributed by atoms with E-state index in [9.17, 15) is 13.2 Å². The maximum Gasteiger partial charge on any atom is 0.335 e. The number of primary sulfonamides is 1. The highest BCUT2D eigenvalue weighted by molar-refractivity contribution is 7.88. The molecule has 76 valence electrons. The van der Waals surface area contributed by atoms with Crippen LogP contribution < -0.4 is 5.14 Å². The summed E-state index contributed by atoms with van der Waals surface area (Å²) in [6.45, 7) is 0. The van der Waals surface area contributed by atoms with Crippen LogP contribution in [0.5, 0.6) is 0 Å². The fraction of sp³-hybridized carbons (Fsp3) is 0.125. The van der Waals surface area contributed by atoms with Crippen LogP contribution in [0.1, 0.15) is 15.9 Å². The van der Waals surface area contributed by atoms with Crippen LogP contribution >= 0.6 is 0 Å². The zero-order valence-corrected chi connectivity index (χ0v) is 7.99. The Hall–Kier alpha value is -1.40. The molecule has 0 saturated carbocycles. The van der Waals surface area contributed by atoms with Gasteiger partial charge in [-0.05, 0) is 17.7 Å². The maximum absolute atomic E-state index is 10.7. The van der Waals surface area contributed by atoms with Gasteiger partial charge in [-0.15, -0.1) is 0 Å². The van der Waals surface area contributed by atoms with E-state index >= 15 is 0 Å². The van der Waals surface area contributed by atoms with Gasteiger partial charge in [0.2, 0.25) is 10.0 Å². The molecule has 0 saturated heterocycles. The van der Waals surface area contributed by atoms with Crippen LogP contribution in [0.4, 0.5) is 0 Å². The van der Waals surface area contributed by atoms with Crippen molar-refractivity contribution < 1.29 is 18.3 Å². The summed E-state index contributed by atoms with van der Waals surface area (Å²) in [5.41, 5.74) is 0.584. The van der Waals surface area contributed by atoms with E-state index in [1.807, 2.05) is 0 Å². The second-order valence-corrected chi connectivity index (χ2v) is 4.42. The first kappa shape index (κ1) is 10.7. The number of sulfonamides is 1. The van der Waals surface area contributed by atoms with E-state index < -0.39 is 16.0 Å². The molecule has 0 aromatic heterocycles. The second-order valence-electron chi connectivity index (χ2n) is 2.81. The summed E-state index contributed by atoms with van der Waals surface area (Å²) in [5, 5.41) is 13.4. The van der Waals surface area contributed by atoms with Crippen molar-refractivity contribution in [3.05, 3.63) is 35.4 Å². The van der Waals surface area contributed by atoms with Crippen LogP contribution in [-0.2, 0) is 15.8 Å². The molecule has 0 spiro atoms. The van der Waals surface area contributed by atoms with Gasteiger partial charge in [0.25, 0.3) is 0 Å². The van der Waals surface area contributed by atoms with E-state index in [0.29, 0.717) is 5.56 Å². The van der Waals surface area contributed by atoms with Crippen LogP contribution in [0, 0.1) is 0 Å². The highest BCUT2D eigenvalue weighted by Gasteiger charge is 2.06. The lowest BCUT2D eigenvalue weighted by Crippen LogP contribution is -2.14. The summed E-state index contributed by atoms with van der Waals surface area (Å²) in [5.74, 6) is -1.33. The summed E-state index contributed by atoms with van der Waals surface area (Å²) in [4.78, 5) is 10.5. The number of carboxylic acid groups (broad SMARTS) is 1. The standard InChI is InChI=1S/C8H9NO4S/c9-14(12,13)5-6-1-3-7(4-2-6)8(10)11/h1-4H,5H2,(H,10,11)(H2,9,12,13). The molecule has 1 rings (SSSR count). The van der Waals surface area contributed by atoms with Crippen molar-refractivity contribution in [1.82, 2.24) is 0 Å². The quantitative estimate of drug-likeness (QED) is 0.751. The molecule has 14 heavy (non-hydrogen) atoms. The molecular weight excluding hydrogens is 206 g/mol. The fourth-order valence-corrected chi connectivity index (χ4v) is 1.63. The van der Waals surface area contributed by atoms with E-state index in [-0.39, 0.29) is 11.3 Å². The molecule has 0 unspecified atom stereocenters. The monoisotopic (exact) mass is 215 g/mol. The van der Waals surface area contributed by atoms with Crippen molar-refractivity contribution in [3.63, 3.8) is 0 Å². The first-order chi connectivity index (χ1) is 6.38. The molecule has 5 nitrogen and oxygen atoms in total. The molecule has 0 fully saturated rings. The third-order valence-electron chi connectivity index (χ3n) is 1.57. The maximum atomic E-state index is 10.7. The zero-order valence-electron chi connectivity index (χ0n) is 7.17. The van der Waals surface area contributed by atoms with Crippen molar-refractivity contribution in [2.45, 2.75) is 5.75 Å². The molecule has 0 atom stereocenters. The zero-order chi connectivity index (χ0) is 10.8. The van der Waals surface area contributed by atoms with E-state index in [4.69, 9.17) is 10.2 Å². The van der Waals surface area contributed by atoms with E-state index in [1.54, 1.807) is 0 Å². The number of carboxylic acids is 1. The molecule has 6 heteroatoms. The Morgan fingerprint density at radius 1 is 1.29 bits per heavy atom. The lowest BCUT2D eigenvalue weighted by atomic mass is 10.1. The van der Waals surface area contributed by atoms with Gasteiger partial charge in [-0.2, -0.15) is 0 Å². The molecule has 1 aromatic rings. The fourth-order valence-electron chi connectivity index (χ4n) is 0.976. The Balaban J connectivity index is 2.90. The summed E-state index contributed by atoms with van der Waals surface area (Å²) < 4.78 is 21.4. The predicted molar refractivity (Wildman–Crippen MR) is 50.2 cm³/mol. The molecule has 0 amide bonds. The van der Waals surface area contributed by atoms with Crippen molar-refractivity contribution in [2.24, 2.45) is 5.14 Å². The van der Waals surface area contributed by atoms with Crippen LogP contribution in [0.2, 0.25) is 0 Å².